The van der Waals surface area contributed by atoms with Gasteiger partial charge in [0.1, 0.15) is 5.60 Å². The number of hydrogen-bond acceptors (Lipinski definition) is 5. The van der Waals surface area contributed by atoms with Crippen molar-refractivity contribution in [1.82, 2.24) is 0 Å². The van der Waals surface area contributed by atoms with Gasteiger partial charge in [-0.15, -0.1) is 0 Å². The zero-order valence-corrected chi connectivity index (χ0v) is 11.1. The van der Waals surface area contributed by atoms with E-state index in [1.807, 2.05) is 0 Å². The summed E-state index contributed by atoms with van der Waals surface area (Å²) in [6, 6.07) is 4.20. The molecule has 6 nitrogen and oxygen atoms in total. The second-order valence-corrected chi connectivity index (χ2v) is 4.65. The van der Waals surface area contributed by atoms with E-state index in [1.165, 1.54) is 25.3 Å². The average molecular weight is 267 g/mol. The highest BCUT2D eigenvalue weighted by Gasteiger charge is 2.25. The lowest BCUT2D eigenvalue weighted by Crippen LogP contribution is -2.33. The van der Waals surface area contributed by atoms with Crippen LogP contribution >= 0.6 is 0 Å². The van der Waals surface area contributed by atoms with Gasteiger partial charge >= 0.3 is 11.9 Å². The number of carboxylic acids is 1. The molecule has 0 atom stereocenters. The maximum atomic E-state index is 12.0. The fraction of sp³-hybridized carbons (Fsp3) is 0.385. The lowest BCUT2D eigenvalue weighted by molar-refractivity contribution is -0.0364. The summed E-state index contributed by atoms with van der Waals surface area (Å²) in [5.74, 6) is -1.87. The van der Waals surface area contributed by atoms with Gasteiger partial charge in [0, 0.05) is 7.11 Å². The summed E-state index contributed by atoms with van der Waals surface area (Å²) in [5, 5.41) is 8.94. The van der Waals surface area contributed by atoms with E-state index in [0.29, 0.717) is 0 Å². The molecule has 0 aliphatic carbocycles. The third-order valence-corrected chi connectivity index (χ3v) is 2.42. The van der Waals surface area contributed by atoms with Gasteiger partial charge in [0.25, 0.3) is 0 Å². The predicted molar refractivity (Wildman–Crippen MR) is 69.2 cm³/mol. The minimum absolute atomic E-state index is 0.0316. The summed E-state index contributed by atoms with van der Waals surface area (Å²) in [6.07, 6.45) is 0. The molecule has 19 heavy (non-hydrogen) atoms. The van der Waals surface area contributed by atoms with E-state index in [1.54, 1.807) is 13.8 Å². The molecule has 0 aliphatic rings. The highest BCUT2D eigenvalue weighted by atomic mass is 16.6. The predicted octanol–water partition coefficient (Wildman–Crippen LogP) is 1.55. The number of carboxylic acid groups (broad SMARTS) is 1. The number of ether oxygens (including phenoxy) is 2. The molecule has 1 rings (SSSR count). The molecule has 0 unspecified atom stereocenters. The topological polar surface area (TPSA) is 98.8 Å². The highest BCUT2D eigenvalue weighted by molar-refractivity contribution is 6.03. The van der Waals surface area contributed by atoms with Gasteiger partial charge in [-0.1, -0.05) is 6.07 Å². The van der Waals surface area contributed by atoms with E-state index >= 15 is 0 Å². The number of nitrogen functional groups attached to an aromatic ring is 1. The van der Waals surface area contributed by atoms with Gasteiger partial charge in [0.15, 0.2) is 0 Å². The van der Waals surface area contributed by atoms with Crippen molar-refractivity contribution < 1.29 is 24.2 Å². The van der Waals surface area contributed by atoms with Crippen LogP contribution in [0, 0.1) is 0 Å². The number of nitrogens with two attached hydrogens (primary N) is 1. The molecule has 3 N–H and O–H groups in total. The van der Waals surface area contributed by atoms with Crippen LogP contribution in [0.5, 0.6) is 0 Å². The summed E-state index contributed by atoms with van der Waals surface area (Å²) < 4.78 is 10.2. The Kier molecular flexibility index (Phi) is 4.50. The SMILES string of the molecule is COCC(C)(C)OC(=O)c1cccc(C(=O)O)c1N. The van der Waals surface area contributed by atoms with Crippen LogP contribution in [0.15, 0.2) is 18.2 Å². The van der Waals surface area contributed by atoms with Crippen LogP contribution < -0.4 is 5.73 Å². The average Bonchev–Trinajstić information content (AvgIpc) is 2.27. The van der Waals surface area contributed by atoms with E-state index in [2.05, 4.69) is 0 Å². The zero-order valence-electron chi connectivity index (χ0n) is 11.1. The Balaban J connectivity index is 3.01. The standard InChI is InChI=1S/C13H17NO5/c1-13(2,7-18-3)19-12(17)9-6-4-5-8(10(9)14)11(15)16/h4-6H,7,14H2,1-3H3,(H,15,16). The van der Waals surface area contributed by atoms with Gasteiger partial charge in [-0.05, 0) is 26.0 Å². The van der Waals surface area contributed by atoms with Crippen molar-refractivity contribution in [3.63, 3.8) is 0 Å². The van der Waals surface area contributed by atoms with Crippen molar-refractivity contribution >= 4 is 17.6 Å². The molecule has 0 spiro atoms. The minimum atomic E-state index is -1.19. The van der Waals surface area contributed by atoms with Crippen LogP contribution in [0.25, 0.3) is 0 Å². The molecular weight excluding hydrogens is 250 g/mol. The summed E-state index contributed by atoms with van der Waals surface area (Å²) in [6.45, 7) is 3.59. The number of benzene rings is 1. The number of aromatic carboxylic acids is 1. The number of methoxy groups -OCH3 is 1. The van der Waals surface area contributed by atoms with Gasteiger partial charge < -0.3 is 20.3 Å². The van der Waals surface area contributed by atoms with Crippen molar-refractivity contribution in [3.05, 3.63) is 29.3 Å². The third-order valence-electron chi connectivity index (χ3n) is 2.42. The summed E-state index contributed by atoms with van der Waals surface area (Å²) in [5.41, 5.74) is 4.65. The molecule has 6 heteroatoms. The molecule has 0 fully saturated rings. The number of carbonyl (C=O) groups excluding carboxylic acids is 1. The number of rotatable bonds is 5. The molecule has 1 aromatic carbocycles. The first-order valence-corrected chi connectivity index (χ1v) is 5.62. The van der Waals surface area contributed by atoms with Crippen molar-refractivity contribution in [1.29, 1.82) is 0 Å². The quantitative estimate of drug-likeness (QED) is 0.620. The molecule has 0 aliphatic heterocycles. The molecule has 104 valence electrons. The lowest BCUT2D eigenvalue weighted by Gasteiger charge is -2.24. The second kappa shape index (κ2) is 5.71. The molecule has 0 bridgehead atoms. The Morgan fingerprint density at radius 2 is 1.89 bits per heavy atom. The van der Waals surface area contributed by atoms with Gasteiger partial charge in [-0.2, -0.15) is 0 Å². The smallest absolute Gasteiger partial charge is 0.340 e. The number of hydrogen-bond donors (Lipinski definition) is 2. The number of carbonyl (C=O) groups is 2. The number of para-hydroxylation sites is 1. The largest absolute Gasteiger partial charge is 0.478 e. The van der Waals surface area contributed by atoms with Crippen LogP contribution in [-0.2, 0) is 9.47 Å². The first kappa shape index (κ1) is 15.0. The summed E-state index contributed by atoms with van der Waals surface area (Å²) in [4.78, 5) is 22.9. The highest BCUT2D eigenvalue weighted by Crippen LogP contribution is 2.21. The molecule has 0 radical (unpaired) electrons. The second-order valence-electron chi connectivity index (χ2n) is 4.65. The lowest BCUT2D eigenvalue weighted by atomic mass is 10.1. The fourth-order valence-corrected chi connectivity index (χ4v) is 1.61. The van der Waals surface area contributed by atoms with E-state index in [-0.39, 0.29) is 23.4 Å². The zero-order chi connectivity index (χ0) is 14.6. The Morgan fingerprint density at radius 3 is 2.42 bits per heavy atom. The number of anilines is 1. The molecule has 0 heterocycles. The van der Waals surface area contributed by atoms with Crippen LogP contribution in [0.2, 0.25) is 0 Å². The molecule has 0 saturated heterocycles. The maximum Gasteiger partial charge on any atom is 0.340 e. The van der Waals surface area contributed by atoms with E-state index < -0.39 is 17.5 Å². The molecule has 1 aromatic rings. The van der Waals surface area contributed by atoms with E-state index in [9.17, 15) is 9.59 Å². The van der Waals surface area contributed by atoms with E-state index in [0.717, 1.165) is 0 Å². The van der Waals surface area contributed by atoms with E-state index in [4.69, 9.17) is 20.3 Å². The maximum absolute atomic E-state index is 12.0. The molecule has 0 aromatic heterocycles. The van der Waals surface area contributed by atoms with Crippen LogP contribution in [-0.4, -0.2) is 36.4 Å². The first-order chi connectivity index (χ1) is 8.78. The van der Waals surface area contributed by atoms with Crippen molar-refractivity contribution in [2.24, 2.45) is 0 Å². The van der Waals surface area contributed by atoms with Crippen LogP contribution in [0.1, 0.15) is 34.6 Å². The van der Waals surface area contributed by atoms with Crippen molar-refractivity contribution in [3.8, 4) is 0 Å². The Bertz CT molecular complexity index is 496. The fourth-order valence-electron chi connectivity index (χ4n) is 1.61. The Hall–Kier alpha value is -2.08. The molecule has 0 amide bonds. The summed E-state index contributed by atoms with van der Waals surface area (Å²) in [7, 11) is 1.50. The van der Waals surface area contributed by atoms with Crippen LogP contribution in [0.3, 0.4) is 0 Å². The number of esters is 1. The van der Waals surface area contributed by atoms with Gasteiger partial charge in [-0.3, -0.25) is 0 Å². The Morgan fingerprint density at radius 1 is 1.32 bits per heavy atom. The minimum Gasteiger partial charge on any atom is -0.478 e. The third kappa shape index (κ3) is 3.69. The molecule has 0 saturated carbocycles. The van der Waals surface area contributed by atoms with Gasteiger partial charge in [0.05, 0.1) is 23.4 Å². The van der Waals surface area contributed by atoms with Crippen molar-refractivity contribution in [2.75, 3.05) is 19.5 Å². The normalized spacial score (nSPS) is 11.1. The first-order valence-electron chi connectivity index (χ1n) is 5.62. The Labute approximate surface area is 111 Å². The van der Waals surface area contributed by atoms with Gasteiger partial charge in [0.2, 0.25) is 0 Å². The molecular formula is C13H17NO5. The monoisotopic (exact) mass is 267 g/mol. The van der Waals surface area contributed by atoms with Crippen LogP contribution in [0.4, 0.5) is 5.69 Å². The van der Waals surface area contributed by atoms with Gasteiger partial charge in [-0.25, -0.2) is 9.59 Å². The summed E-state index contributed by atoms with van der Waals surface area (Å²) >= 11 is 0. The van der Waals surface area contributed by atoms with Crippen molar-refractivity contribution in [2.45, 2.75) is 19.4 Å².